The van der Waals surface area contributed by atoms with E-state index in [-0.39, 0.29) is 5.82 Å². The van der Waals surface area contributed by atoms with Crippen LogP contribution in [0.15, 0.2) is 22.7 Å². The number of benzene rings is 1. The third-order valence-corrected chi connectivity index (χ3v) is 3.81. The van der Waals surface area contributed by atoms with Crippen molar-refractivity contribution < 1.29 is 9.13 Å². The molecule has 0 aliphatic heterocycles. The van der Waals surface area contributed by atoms with Crippen molar-refractivity contribution in [2.75, 3.05) is 19.0 Å². The van der Waals surface area contributed by atoms with Gasteiger partial charge in [0.05, 0.1) is 16.8 Å². The first kappa shape index (κ1) is 15.9. The molecule has 0 amide bonds. The van der Waals surface area contributed by atoms with Gasteiger partial charge in [-0.15, -0.1) is 0 Å². The lowest BCUT2D eigenvalue weighted by Gasteiger charge is -2.12. The minimum absolute atomic E-state index is 0.266. The second-order valence-corrected chi connectivity index (χ2v) is 5.38. The lowest BCUT2D eigenvalue weighted by Crippen LogP contribution is -2.07. The van der Waals surface area contributed by atoms with Gasteiger partial charge in [-0.1, -0.05) is 12.1 Å². The number of nitrogens with zero attached hydrogens (tertiary/aromatic N) is 2. The second kappa shape index (κ2) is 6.95. The summed E-state index contributed by atoms with van der Waals surface area (Å²) < 4.78 is 19.7. The Morgan fingerprint density at radius 2 is 2.10 bits per heavy atom. The monoisotopic (exact) mass is 353 g/mol. The molecule has 1 heterocycles. The largest absolute Gasteiger partial charge is 0.378 e. The second-order valence-electron chi connectivity index (χ2n) is 4.58. The normalized spacial score (nSPS) is 10.7. The molecule has 0 aliphatic carbocycles. The van der Waals surface area contributed by atoms with Gasteiger partial charge in [-0.05, 0) is 41.4 Å². The average molecular weight is 354 g/mol. The van der Waals surface area contributed by atoms with Crippen molar-refractivity contribution in [3.05, 3.63) is 39.7 Å². The van der Waals surface area contributed by atoms with Crippen LogP contribution in [0.2, 0.25) is 0 Å². The maximum atomic E-state index is 13.7. The van der Waals surface area contributed by atoms with E-state index in [1.165, 1.54) is 6.07 Å². The first-order chi connectivity index (χ1) is 10.1. The summed E-state index contributed by atoms with van der Waals surface area (Å²) in [4.78, 5) is 8.91. The van der Waals surface area contributed by atoms with E-state index in [0.717, 1.165) is 16.7 Å². The van der Waals surface area contributed by atoms with Crippen molar-refractivity contribution in [3.63, 3.8) is 0 Å². The highest BCUT2D eigenvalue weighted by atomic mass is 79.9. The van der Waals surface area contributed by atoms with Crippen LogP contribution in [0, 0.1) is 12.7 Å². The van der Waals surface area contributed by atoms with E-state index in [4.69, 9.17) is 4.74 Å². The lowest BCUT2D eigenvalue weighted by atomic mass is 10.1. The Morgan fingerprint density at radius 3 is 2.71 bits per heavy atom. The van der Waals surface area contributed by atoms with Crippen molar-refractivity contribution in [2.45, 2.75) is 20.5 Å². The molecule has 0 aliphatic rings. The number of hydrogen-bond donors (Lipinski definition) is 1. The van der Waals surface area contributed by atoms with Gasteiger partial charge in [0.25, 0.3) is 0 Å². The quantitative estimate of drug-likeness (QED) is 0.884. The third kappa shape index (κ3) is 3.57. The van der Waals surface area contributed by atoms with Gasteiger partial charge in [0, 0.05) is 19.2 Å². The Bertz CT molecular complexity index is 622. The number of halogens is 2. The van der Waals surface area contributed by atoms with Crippen LogP contribution in [-0.4, -0.2) is 23.6 Å². The topological polar surface area (TPSA) is 47.0 Å². The van der Waals surface area contributed by atoms with Gasteiger partial charge < -0.3 is 10.1 Å². The number of anilines is 1. The maximum absolute atomic E-state index is 13.7. The van der Waals surface area contributed by atoms with Crippen molar-refractivity contribution in [1.29, 1.82) is 0 Å². The molecule has 1 aromatic heterocycles. The molecule has 1 N–H and O–H groups in total. The summed E-state index contributed by atoms with van der Waals surface area (Å²) in [5.74, 6) is 0.882. The lowest BCUT2D eigenvalue weighted by molar-refractivity contribution is 0.181. The molecule has 21 heavy (non-hydrogen) atoms. The first-order valence-corrected chi connectivity index (χ1v) is 7.41. The highest BCUT2D eigenvalue weighted by Crippen LogP contribution is 2.28. The fraction of sp³-hybridized carbons (Fsp3) is 0.333. The average Bonchev–Trinajstić information content (AvgIpc) is 2.46. The number of aryl methyl sites for hydroxylation is 1. The Kier molecular flexibility index (Phi) is 5.25. The van der Waals surface area contributed by atoms with E-state index in [0.29, 0.717) is 29.4 Å². The van der Waals surface area contributed by atoms with Gasteiger partial charge in [0.2, 0.25) is 0 Å². The Labute approximate surface area is 131 Å². The Morgan fingerprint density at radius 1 is 1.33 bits per heavy atom. The molecule has 0 unspecified atom stereocenters. The molecule has 112 valence electrons. The van der Waals surface area contributed by atoms with Crippen molar-refractivity contribution in [1.82, 2.24) is 9.97 Å². The summed E-state index contributed by atoms with van der Waals surface area (Å²) in [6.07, 6.45) is 0. The van der Waals surface area contributed by atoms with Crippen LogP contribution in [0.3, 0.4) is 0 Å². The minimum Gasteiger partial charge on any atom is -0.378 e. The van der Waals surface area contributed by atoms with Gasteiger partial charge in [-0.25, -0.2) is 14.4 Å². The summed E-state index contributed by atoms with van der Waals surface area (Å²) in [6.45, 7) is 4.78. The maximum Gasteiger partial charge on any atom is 0.162 e. The molecule has 1 aromatic carbocycles. The van der Waals surface area contributed by atoms with Crippen LogP contribution < -0.4 is 5.32 Å². The van der Waals surface area contributed by atoms with Crippen LogP contribution in [-0.2, 0) is 11.3 Å². The molecule has 0 spiro atoms. The standard InChI is InChI=1S/C15H17BrFN3O/c1-4-18-15-13(16)12(8-21-3)19-14(20-15)10-6-5-9(2)11(17)7-10/h5-7H,4,8H2,1-3H3,(H,18,19,20). The number of nitrogens with one attached hydrogen (secondary N) is 1. The summed E-state index contributed by atoms with van der Waals surface area (Å²) in [5.41, 5.74) is 1.96. The molecule has 2 aromatic rings. The number of methoxy groups -OCH3 is 1. The molecular weight excluding hydrogens is 337 g/mol. The number of rotatable bonds is 5. The molecule has 4 nitrogen and oxygen atoms in total. The van der Waals surface area contributed by atoms with Crippen LogP contribution >= 0.6 is 15.9 Å². The van der Waals surface area contributed by atoms with Crippen molar-refractivity contribution in [3.8, 4) is 11.4 Å². The molecule has 6 heteroatoms. The molecule has 0 saturated heterocycles. The summed E-state index contributed by atoms with van der Waals surface area (Å²) >= 11 is 3.47. The van der Waals surface area contributed by atoms with E-state index in [9.17, 15) is 4.39 Å². The Balaban J connectivity index is 2.53. The van der Waals surface area contributed by atoms with Gasteiger partial charge in [0.1, 0.15) is 11.6 Å². The number of aromatic nitrogens is 2. The van der Waals surface area contributed by atoms with Crippen LogP contribution in [0.4, 0.5) is 10.2 Å². The molecule has 0 atom stereocenters. The molecular formula is C15H17BrFN3O. The highest BCUT2D eigenvalue weighted by Gasteiger charge is 2.14. The van der Waals surface area contributed by atoms with Crippen LogP contribution in [0.5, 0.6) is 0 Å². The fourth-order valence-corrected chi connectivity index (χ4v) is 2.30. The summed E-state index contributed by atoms with van der Waals surface area (Å²) in [5, 5.41) is 3.16. The summed E-state index contributed by atoms with van der Waals surface area (Å²) in [6, 6.07) is 4.98. The fourth-order valence-electron chi connectivity index (χ4n) is 1.87. The van der Waals surface area contributed by atoms with Gasteiger partial charge in [-0.3, -0.25) is 0 Å². The highest BCUT2D eigenvalue weighted by molar-refractivity contribution is 9.10. The molecule has 0 saturated carbocycles. The third-order valence-electron chi connectivity index (χ3n) is 2.98. The van der Waals surface area contributed by atoms with Gasteiger partial charge >= 0.3 is 0 Å². The van der Waals surface area contributed by atoms with Crippen LogP contribution in [0.1, 0.15) is 18.2 Å². The number of hydrogen-bond acceptors (Lipinski definition) is 4. The predicted molar refractivity (Wildman–Crippen MR) is 84.7 cm³/mol. The van der Waals surface area contributed by atoms with Gasteiger partial charge in [-0.2, -0.15) is 0 Å². The van der Waals surface area contributed by atoms with Crippen molar-refractivity contribution >= 4 is 21.7 Å². The minimum atomic E-state index is -0.266. The SMILES string of the molecule is CCNc1nc(-c2ccc(C)c(F)c2)nc(COC)c1Br. The number of ether oxygens (including phenoxy) is 1. The van der Waals surface area contributed by atoms with Gasteiger partial charge in [0.15, 0.2) is 5.82 Å². The summed E-state index contributed by atoms with van der Waals surface area (Å²) in [7, 11) is 1.60. The molecule has 2 rings (SSSR count). The van der Waals surface area contributed by atoms with E-state index in [1.807, 2.05) is 13.0 Å². The first-order valence-electron chi connectivity index (χ1n) is 6.62. The Hall–Kier alpha value is -1.53. The zero-order valence-corrected chi connectivity index (χ0v) is 13.8. The van der Waals surface area contributed by atoms with E-state index >= 15 is 0 Å². The smallest absolute Gasteiger partial charge is 0.162 e. The van der Waals surface area contributed by atoms with E-state index < -0.39 is 0 Å². The zero-order chi connectivity index (χ0) is 15.4. The molecule has 0 fully saturated rings. The van der Waals surface area contributed by atoms with Crippen LogP contribution in [0.25, 0.3) is 11.4 Å². The predicted octanol–water partition coefficient (Wildman–Crippen LogP) is 3.93. The molecule has 0 bridgehead atoms. The van der Waals surface area contributed by atoms with E-state index in [2.05, 4.69) is 31.2 Å². The zero-order valence-electron chi connectivity index (χ0n) is 12.2. The van der Waals surface area contributed by atoms with Crippen molar-refractivity contribution in [2.24, 2.45) is 0 Å². The van der Waals surface area contributed by atoms with E-state index in [1.54, 1.807) is 20.1 Å². The molecule has 0 radical (unpaired) electrons.